The van der Waals surface area contributed by atoms with Gasteiger partial charge in [-0.05, 0) is 48.4 Å². The van der Waals surface area contributed by atoms with E-state index < -0.39 is 0 Å². The van der Waals surface area contributed by atoms with Crippen LogP contribution in [0.3, 0.4) is 0 Å². The molecule has 0 saturated carbocycles. The SMILES string of the molecule is CN[C@@H]1C[C@H](c2c[nH]c3ccc(F)cc23)c2ccccc21. The van der Waals surface area contributed by atoms with Gasteiger partial charge in [0.2, 0.25) is 0 Å². The lowest BCUT2D eigenvalue weighted by molar-refractivity contribution is 0.565. The molecule has 21 heavy (non-hydrogen) atoms. The van der Waals surface area contributed by atoms with Gasteiger partial charge in [0.1, 0.15) is 5.82 Å². The van der Waals surface area contributed by atoms with E-state index in [4.69, 9.17) is 0 Å². The first-order valence-electron chi connectivity index (χ1n) is 7.30. The number of aromatic nitrogens is 1. The van der Waals surface area contributed by atoms with Crippen molar-refractivity contribution in [2.75, 3.05) is 7.05 Å². The van der Waals surface area contributed by atoms with Crippen LogP contribution in [0.1, 0.15) is 35.1 Å². The highest BCUT2D eigenvalue weighted by molar-refractivity contribution is 5.84. The Morgan fingerprint density at radius 2 is 1.90 bits per heavy atom. The first kappa shape index (κ1) is 12.6. The first-order chi connectivity index (χ1) is 10.3. The average Bonchev–Trinajstić information content (AvgIpc) is 3.07. The summed E-state index contributed by atoms with van der Waals surface area (Å²) in [5.74, 6) is 0.133. The van der Waals surface area contributed by atoms with E-state index in [1.54, 1.807) is 6.07 Å². The molecule has 4 rings (SSSR count). The van der Waals surface area contributed by atoms with E-state index in [1.165, 1.54) is 22.8 Å². The molecule has 0 radical (unpaired) electrons. The van der Waals surface area contributed by atoms with Gasteiger partial charge in [0.15, 0.2) is 0 Å². The van der Waals surface area contributed by atoms with Gasteiger partial charge in [0.05, 0.1) is 0 Å². The molecule has 1 aliphatic rings. The van der Waals surface area contributed by atoms with Crippen LogP contribution in [-0.2, 0) is 0 Å². The molecule has 0 bridgehead atoms. The summed E-state index contributed by atoms with van der Waals surface area (Å²) in [6, 6.07) is 13.9. The van der Waals surface area contributed by atoms with Crippen LogP contribution in [0, 0.1) is 5.82 Å². The molecule has 1 heterocycles. The maximum Gasteiger partial charge on any atom is 0.123 e. The predicted octanol–water partition coefficient (Wildman–Crippen LogP) is 4.10. The Morgan fingerprint density at radius 1 is 1.10 bits per heavy atom. The largest absolute Gasteiger partial charge is 0.361 e. The van der Waals surface area contributed by atoms with Crippen molar-refractivity contribution in [1.29, 1.82) is 0 Å². The molecular weight excluding hydrogens is 263 g/mol. The van der Waals surface area contributed by atoms with Gasteiger partial charge in [-0.2, -0.15) is 0 Å². The van der Waals surface area contributed by atoms with Gasteiger partial charge in [-0.3, -0.25) is 0 Å². The molecule has 2 N–H and O–H groups in total. The number of hydrogen-bond donors (Lipinski definition) is 2. The molecule has 3 heteroatoms. The van der Waals surface area contributed by atoms with Gasteiger partial charge in [-0.1, -0.05) is 24.3 Å². The average molecular weight is 280 g/mol. The molecule has 1 aromatic heterocycles. The van der Waals surface area contributed by atoms with Crippen molar-refractivity contribution >= 4 is 10.9 Å². The Bertz CT molecular complexity index is 806. The van der Waals surface area contributed by atoms with Gasteiger partial charge in [-0.15, -0.1) is 0 Å². The topological polar surface area (TPSA) is 27.8 Å². The number of halogens is 1. The summed E-state index contributed by atoms with van der Waals surface area (Å²) in [5, 5.41) is 4.38. The van der Waals surface area contributed by atoms with Gasteiger partial charge in [0, 0.05) is 29.1 Å². The summed E-state index contributed by atoms with van der Waals surface area (Å²) in [5.41, 5.74) is 4.89. The number of aromatic amines is 1. The number of fused-ring (bicyclic) bond motifs is 2. The molecule has 0 fully saturated rings. The molecule has 0 amide bonds. The zero-order valence-corrected chi connectivity index (χ0v) is 11.9. The van der Waals surface area contributed by atoms with Crippen molar-refractivity contribution in [3.8, 4) is 0 Å². The minimum Gasteiger partial charge on any atom is -0.361 e. The highest BCUT2D eigenvalue weighted by Gasteiger charge is 2.31. The molecule has 0 spiro atoms. The van der Waals surface area contributed by atoms with Crippen LogP contribution in [0.5, 0.6) is 0 Å². The summed E-state index contributed by atoms with van der Waals surface area (Å²) in [4.78, 5) is 3.27. The highest BCUT2D eigenvalue weighted by Crippen LogP contribution is 2.45. The Hall–Kier alpha value is -2.13. The minimum absolute atomic E-state index is 0.181. The lowest BCUT2D eigenvalue weighted by Crippen LogP contribution is -2.13. The molecule has 2 aromatic carbocycles. The van der Waals surface area contributed by atoms with E-state index in [9.17, 15) is 4.39 Å². The van der Waals surface area contributed by atoms with Crippen LogP contribution in [0.2, 0.25) is 0 Å². The fraction of sp³-hybridized carbons (Fsp3) is 0.222. The van der Waals surface area contributed by atoms with Crippen LogP contribution in [0.15, 0.2) is 48.7 Å². The number of H-pyrrole nitrogens is 1. The minimum atomic E-state index is -0.181. The van der Waals surface area contributed by atoms with Crippen LogP contribution in [0.25, 0.3) is 10.9 Å². The summed E-state index contributed by atoms with van der Waals surface area (Å²) >= 11 is 0. The maximum absolute atomic E-state index is 13.6. The van der Waals surface area contributed by atoms with E-state index in [0.717, 1.165) is 17.3 Å². The summed E-state index contributed by atoms with van der Waals surface area (Å²) in [7, 11) is 2.00. The molecule has 0 saturated heterocycles. The fourth-order valence-corrected chi connectivity index (χ4v) is 3.61. The predicted molar refractivity (Wildman–Crippen MR) is 83.0 cm³/mol. The molecule has 0 unspecified atom stereocenters. The lowest BCUT2D eigenvalue weighted by Gasteiger charge is -2.11. The third-order valence-corrected chi connectivity index (χ3v) is 4.62. The van der Waals surface area contributed by atoms with Crippen molar-refractivity contribution in [2.24, 2.45) is 0 Å². The van der Waals surface area contributed by atoms with Crippen molar-refractivity contribution < 1.29 is 4.39 Å². The normalized spacial score (nSPS) is 20.9. The second-order valence-electron chi connectivity index (χ2n) is 5.69. The zero-order valence-electron chi connectivity index (χ0n) is 11.9. The van der Waals surface area contributed by atoms with Crippen LogP contribution < -0.4 is 5.32 Å². The summed E-state index contributed by atoms with van der Waals surface area (Å²) < 4.78 is 13.6. The summed E-state index contributed by atoms with van der Waals surface area (Å²) in [6.45, 7) is 0. The van der Waals surface area contributed by atoms with Crippen LogP contribution >= 0.6 is 0 Å². The lowest BCUT2D eigenvalue weighted by atomic mass is 9.92. The van der Waals surface area contributed by atoms with Crippen molar-refractivity contribution in [1.82, 2.24) is 10.3 Å². The second kappa shape index (κ2) is 4.71. The third-order valence-electron chi connectivity index (χ3n) is 4.62. The number of hydrogen-bond acceptors (Lipinski definition) is 1. The van der Waals surface area contributed by atoms with E-state index >= 15 is 0 Å². The molecule has 2 atom stereocenters. The van der Waals surface area contributed by atoms with E-state index in [-0.39, 0.29) is 5.82 Å². The van der Waals surface area contributed by atoms with Gasteiger partial charge in [-0.25, -0.2) is 4.39 Å². The Morgan fingerprint density at radius 3 is 2.71 bits per heavy atom. The first-order valence-corrected chi connectivity index (χ1v) is 7.30. The molecule has 106 valence electrons. The van der Waals surface area contributed by atoms with Crippen LogP contribution in [0.4, 0.5) is 4.39 Å². The monoisotopic (exact) mass is 280 g/mol. The number of benzene rings is 2. The molecule has 3 aromatic rings. The Labute approximate surface area is 123 Å². The van der Waals surface area contributed by atoms with Gasteiger partial charge < -0.3 is 10.3 Å². The number of rotatable bonds is 2. The quantitative estimate of drug-likeness (QED) is 0.726. The van der Waals surface area contributed by atoms with Crippen LogP contribution in [-0.4, -0.2) is 12.0 Å². The standard InChI is InChI=1S/C18H17FN2/c1-20-18-9-14(12-4-2-3-5-13(12)18)16-10-21-17-7-6-11(19)8-15(16)17/h2-8,10,14,18,20-21H,9H2,1H3/t14-,18+/m0/s1. The molecule has 2 nitrogen and oxygen atoms in total. The van der Waals surface area contributed by atoms with E-state index in [2.05, 4.69) is 34.6 Å². The summed E-state index contributed by atoms with van der Waals surface area (Å²) in [6.07, 6.45) is 3.04. The van der Waals surface area contributed by atoms with E-state index in [1.807, 2.05) is 19.3 Å². The van der Waals surface area contributed by atoms with Crippen molar-refractivity contribution in [3.05, 3.63) is 71.2 Å². The van der Waals surface area contributed by atoms with Crippen molar-refractivity contribution in [2.45, 2.75) is 18.4 Å². The Kier molecular flexibility index (Phi) is 2.82. The fourth-order valence-electron chi connectivity index (χ4n) is 3.61. The Balaban J connectivity index is 1.88. The maximum atomic E-state index is 13.6. The smallest absolute Gasteiger partial charge is 0.123 e. The second-order valence-corrected chi connectivity index (χ2v) is 5.69. The molecule has 1 aliphatic carbocycles. The third kappa shape index (κ3) is 1.88. The highest BCUT2D eigenvalue weighted by atomic mass is 19.1. The number of nitrogens with one attached hydrogen (secondary N) is 2. The van der Waals surface area contributed by atoms with E-state index in [0.29, 0.717) is 12.0 Å². The molecule has 0 aliphatic heterocycles. The molecular formula is C18H17FN2. The van der Waals surface area contributed by atoms with Gasteiger partial charge in [0.25, 0.3) is 0 Å². The van der Waals surface area contributed by atoms with Gasteiger partial charge >= 0.3 is 0 Å². The zero-order chi connectivity index (χ0) is 14.4. The van der Waals surface area contributed by atoms with Crippen molar-refractivity contribution in [3.63, 3.8) is 0 Å².